The largest absolute Gasteiger partial charge is 0.478 e. The monoisotopic (exact) mass is 312 g/mol. The van der Waals surface area contributed by atoms with Gasteiger partial charge in [0.15, 0.2) is 0 Å². The van der Waals surface area contributed by atoms with E-state index in [0.717, 1.165) is 38.5 Å². The highest BCUT2D eigenvalue weighted by molar-refractivity contribution is 5.84. The third-order valence-electron chi connectivity index (χ3n) is 5.79. The lowest BCUT2D eigenvalue weighted by atomic mass is 9.40. The van der Waals surface area contributed by atoms with Gasteiger partial charge in [0.2, 0.25) is 0 Å². The van der Waals surface area contributed by atoms with Crippen LogP contribution in [0.3, 0.4) is 0 Å². The van der Waals surface area contributed by atoms with Gasteiger partial charge in [-0.15, -0.1) is 0 Å². The van der Waals surface area contributed by atoms with Crippen molar-refractivity contribution in [2.24, 2.45) is 22.2 Å². The molecule has 0 radical (unpaired) electrons. The number of rotatable bonds is 4. The molecule has 4 rings (SSSR count). The van der Waals surface area contributed by atoms with E-state index in [4.69, 9.17) is 5.11 Å². The Morgan fingerprint density at radius 2 is 1.23 bits per heavy atom. The zero-order chi connectivity index (χ0) is 16.6. The number of aliphatic hydroxyl groups excluding tert-OH is 3. The molecule has 5 nitrogen and oxygen atoms in total. The Bertz CT molecular complexity index is 390. The first-order valence-electron chi connectivity index (χ1n) is 7.95. The second-order valence-corrected chi connectivity index (χ2v) is 8.07. The topological polar surface area (TPSA) is 98.0 Å². The molecule has 5 heteroatoms. The highest BCUT2D eigenvalue weighted by atomic mass is 16.4. The van der Waals surface area contributed by atoms with Crippen molar-refractivity contribution in [3.8, 4) is 0 Å². The second-order valence-electron chi connectivity index (χ2n) is 8.07. The number of carboxylic acid groups (broad SMARTS) is 1. The molecule has 4 aliphatic rings. The molecular formula is C17H28O5. The van der Waals surface area contributed by atoms with Gasteiger partial charge in [-0.05, 0) is 67.6 Å². The first kappa shape index (κ1) is 17.4. The van der Waals surface area contributed by atoms with Crippen molar-refractivity contribution < 1.29 is 25.2 Å². The number of carboxylic acids is 1. The quantitative estimate of drug-likeness (QED) is 0.591. The Hall–Kier alpha value is -0.910. The minimum Gasteiger partial charge on any atom is -0.478 e. The van der Waals surface area contributed by atoms with Gasteiger partial charge in [0.1, 0.15) is 0 Å². The SMILES string of the molecule is C=C(C)C(=O)O.OCC12CC3CC(CO)(C1)CC(CO)(C3)C2. The van der Waals surface area contributed by atoms with E-state index in [0.29, 0.717) is 5.92 Å². The fourth-order valence-corrected chi connectivity index (χ4v) is 5.59. The van der Waals surface area contributed by atoms with Gasteiger partial charge in [-0.2, -0.15) is 0 Å². The fourth-order valence-electron chi connectivity index (χ4n) is 5.59. The van der Waals surface area contributed by atoms with E-state index in [1.807, 2.05) is 0 Å². The van der Waals surface area contributed by atoms with Gasteiger partial charge in [-0.25, -0.2) is 4.79 Å². The Balaban J connectivity index is 0.000000254. The molecule has 0 spiro atoms. The first-order chi connectivity index (χ1) is 10.2. The summed E-state index contributed by atoms with van der Waals surface area (Å²) in [6.45, 7) is 5.29. The van der Waals surface area contributed by atoms with Crippen LogP contribution in [0, 0.1) is 22.2 Å². The number of aliphatic hydroxyl groups is 3. The van der Waals surface area contributed by atoms with Crippen molar-refractivity contribution in [2.45, 2.75) is 45.4 Å². The summed E-state index contributed by atoms with van der Waals surface area (Å²) in [7, 11) is 0. The molecule has 4 saturated carbocycles. The lowest BCUT2D eigenvalue weighted by Gasteiger charge is -2.65. The molecule has 0 aromatic rings. The smallest absolute Gasteiger partial charge is 0.330 e. The molecule has 0 unspecified atom stereocenters. The van der Waals surface area contributed by atoms with Crippen molar-refractivity contribution in [1.29, 1.82) is 0 Å². The van der Waals surface area contributed by atoms with Crippen LogP contribution >= 0.6 is 0 Å². The Morgan fingerprint density at radius 1 is 0.955 bits per heavy atom. The van der Waals surface area contributed by atoms with Gasteiger partial charge in [-0.1, -0.05) is 6.58 Å². The Morgan fingerprint density at radius 3 is 1.41 bits per heavy atom. The van der Waals surface area contributed by atoms with Crippen LogP contribution in [0.25, 0.3) is 0 Å². The van der Waals surface area contributed by atoms with Gasteiger partial charge >= 0.3 is 5.97 Å². The zero-order valence-corrected chi connectivity index (χ0v) is 13.3. The maximum atomic E-state index is 9.69. The highest BCUT2D eigenvalue weighted by Crippen LogP contribution is 2.69. The molecule has 4 N–H and O–H groups in total. The molecule has 0 heterocycles. The molecule has 4 bridgehead atoms. The summed E-state index contributed by atoms with van der Waals surface area (Å²) in [6.07, 6.45) is 6.20. The van der Waals surface area contributed by atoms with Crippen LogP contribution < -0.4 is 0 Å². The number of carbonyl (C=O) groups is 1. The lowest BCUT2D eigenvalue weighted by molar-refractivity contribution is -0.196. The van der Waals surface area contributed by atoms with E-state index in [1.165, 1.54) is 6.92 Å². The molecule has 0 aliphatic heterocycles. The predicted molar refractivity (Wildman–Crippen MR) is 82.2 cm³/mol. The summed E-state index contributed by atoms with van der Waals surface area (Å²) in [6, 6.07) is 0. The summed E-state index contributed by atoms with van der Waals surface area (Å²) < 4.78 is 0. The van der Waals surface area contributed by atoms with Crippen LogP contribution in [0.15, 0.2) is 12.2 Å². The molecule has 0 saturated heterocycles. The van der Waals surface area contributed by atoms with Gasteiger partial charge in [0.25, 0.3) is 0 Å². The minimum absolute atomic E-state index is 0.00484. The normalized spacial score (nSPS) is 41.7. The summed E-state index contributed by atoms with van der Waals surface area (Å²) in [4.78, 5) is 9.60. The first-order valence-corrected chi connectivity index (χ1v) is 7.95. The number of hydrogen-bond donors (Lipinski definition) is 4. The van der Waals surface area contributed by atoms with Crippen molar-refractivity contribution in [1.82, 2.24) is 0 Å². The summed E-state index contributed by atoms with van der Waals surface area (Å²) >= 11 is 0. The van der Waals surface area contributed by atoms with Crippen molar-refractivity contribution in [3.63, 3.8) is 0 Å². The van der Waals surface area contributed by atoms with Crippen LogP contribution in [0.2, 0.25) is 0 Å². The summed E-state index contributed by atoms with van der Waals surface area (Å²) in [5.41, 5.74) is 0.190. The summed E-state index contributed by atoms with van der Waals surface area (Å²) in [5, 5.41) is 37.0. The molecule has 0 aromatic heterocycles. The van der Waals surface area contributed by atoms with Crippen LogP contribution in [0.5, 0.6) is 0 Å². The van der Waals surface area contributed by atoms with Gasteiger partial charge in [0, 0.05) is 25.4 Å². The van der Waals surface area contributed by atoms with E-state index < -0.39 is 5.97 Å². The summed E-state index contributed by atoms with van der Waals surface area (Å²) in [5.74, 6) is -0.322. The molecule has 4 fully saturated rings. The van der Waals surface area contributed by atoms with Gasteiger partial charge < -0.3 is 20.4 Å². The van der Waals surface area contributed by atoms with Gasteiger partial charge in [-0.3, -0.25) is 0 Å². The van der Waals surface area contributed by atoms with Crippen LogP contribution in [0.4, 0.5) is 0 Å². The Kier molecular flexibility index (Phi) is 4.71. The zero-order valence-electron chi connectivity index (χ0n) is 13.3. The van der Waals surface area contributed by atoms with Crippen molar-refractivity contribution in [2.75, 3.05) is 19.8 Å². The molecule has 126 valence electrons. The molecular weight excluding hydrogens is 284 g/mol. The molecule has 0 amide bonds. The molecule has 4 aliphatic carbocycles. The van der Waals surface area contributed by atoms with E-state index in [-0.39, 0.29) is 41.6 Å². The minimum atomic E-state index is -0.935. The third-order valence-corrected chi connectivity index (χ3v) is 5.79. The third kappa shape index (κ3) is 3.07. The second kappa shape index (κ2) is 5.95. The van der Waals surface area contributed by atoms with E-state index in [9.17, 15) is 20.1 Å². The fraction of sp³-hybridized carbons (Fsp3) is 0.824. The standard InChI is InChI=1S/C13H22O3.C4H6O2/c14-7-11-1-10-2-12(4-11,8-15)6-13(3-10,5-11)9-16;1-3(2)4(5)6/h10,14-16H,1-9H2;1H2,2H3,(H,5,6). The maximum absolute atomic E-state index is 9.69. The molecule has 0 aromatic carbocycles. The average molecular weight is 312 g/mol. The van der Waals surface area contributed by atoms with Gasteiger partial charge in [0.05, 0.1) is 0 Å². The van der Waals surface area contributed by atoms with E-state index in [1.54, 1.807) is 0 Å². The van der Waals surface area contributed by atoms with E-state index >= 15 is 0 Å². The molecule has 22 heavy (non-hydrogen) atoms. The maximum Gasteiger partial charge on any atom is 0.330 e. The molecule has 0 atom stereocenters. The van der Waals surface area contributed by atoms with Crippen molar-refractivity contribution >= 4 is 5.97 Å². The van der Waals surface area contributed by atoms with E-state index in [2.05, 4.69) is 6.58 Å². The van der Waals surface area contributed by atoms with Crippen LogP contribution in [-0.4, -0.2) is 46.2 Å². The van der Waals surface area contributed by atoms with Crippen molar-refractivity contribution in [3.05, 3.63) is 12.2 Å². The van der Waals surface area contributed by atoms with Crippen LogP contribution in [0.1, 0.15) is 45.4 Å². The average Bonchev–Trinajstić information content (AvgIpc) is 2.46. The number of aliphatic carboxylic acids is 1. The van der Waals surface area contributed by atoms with Crippen LogP contribution in [-0.2, 0) is 4.79 Å². The lowest BCUT2D eigenvalue weighted by Crippen LogP contribution is -2.60. The highest BCUT2D eigenvalue weighted by Gasteiger charge is 2.62. The number of hydrogen-bond acceptors (Lipinski definition) is 4. The Labute approximate surface area is 131 Å². The predicted octanol–water partition coefficient (Wildman–Crippen LogP) is 1.57.